The first-order valence-corrected chi connectivity index (χ1v) is 10.3. The molecule has 1 aliphatic carbocycles. The minimum Gasteiger partial charge on any atom is -0.353 e. The molecule has 1 aromatic rings. The summed E-state index contributed by atoms with van der Waals surface area (Å²) in [6, 6.07) is 4.23. The molecule has 0 bridgehead atoms. The van der Waals surface area contributed by atoms with Crippen LogP contribution in [-0.4, -0.2) is 54.5 Å². The number of amides is 1. The van der Waals surface area contributed by atoms with E-state index < -0.39 is 11.6 Å². The molecule has 2 aliphatic heterocycles. The Balaban J connectivity index is 1.23. The number of rotatable bonds is 5. The highest BCUT2D eigenvalue weighted by molar-refractivity contribution is 5.81. The van der Waals surface area contributed by atoms with Crippen LogP contribution in [0.15, 0.2) is 18.2 Å². The highest BCUT2D eigenvalue weighted by atomic mass is 19.1. The van der Waals surface area contributed by atoms with Gasteiger partial charge in [-0.2, -0.15) is 0 Å². The van der Waals surface area contributed by atoms with Gasteiger partial charge >= 0.3 is 0 Å². The summed E-state index contributed by atoms with van der Waals surface area (Å²) in [5.41, 5.74) is 0.552. The number of benzene rings is 1. The maximum absolute atomic E-state index is 13.8. The molecule has 1 N–H and O–H groups in total. The van der Waals surface area contributed by atoms with Crippen molar-refractivity contribution in [3.05, 3.63) is 35.4 Å². The Labute approximate surface area is 159 Å². The van der Waals surface area contributed by atoms with Crippen LogP contribution in [0.4, 0.5) is 8.78 Å². The average Bonchev–Trinajstić information content (AvgIpc) is 2.98. The molecule has 1 amide bonds. The predicted molar refractivity (Wildman–Crippen MR) is 100 cm³/mol. The first kappa shape index (κ1) is 18.8. The van der Waals surface area contributed by atoms with Crippen molar-refractivity contribution >= 4 is 5.91 Å². The van der Waals surface area contributed by atoms with E-state index in [4.69, 9.17) is 0 Å². The molecule has 1 saturated carbocycles. The molecular formula is C21H29F2N3O. The van der Waals surface area contributed by atoms with Crippen molar-refractivity contribution in [3.63, 3.8) is 0 Å². The zero-order valence-electron chi connectivity index (χ0n) is 15.8. The summed E-state index contributed by atoms with van der Waals surface area (Å²) in [6.45, 7) is 5.10. The third-order valence-electron chi connectivity index (χ3n) is 6.63. The van der Waals surface area contributed by atoms with Gasteiger partial charge in [-0.05, 0) is 37.8 Å². The van der Waals surface area contributed by atoms with Crippen LogP contribution >= 0.6 is 0 Å². The number of fused-ring (bicyclic) bond motifs is 1. The van der Waals surface area contributed by atoms with E-state index in [9.17, 15) is 13.6 Å². The second-order valence-electron chi connectivity index (χ2n) is 8.31. The SMILES string of the molecule is O=C1N[C@H]2CCCC[C@@H]2[C@@H]1CCN1CCN(Cc2ccc(F)cc2F)CC1. The van der Waals surface area contributed by atoms with Gasteiger partial charge in [0.1, 0.15) is 11.6 Å². The lowest BCUT2D eigenvalue weighted by atomic mass is 9.78. The Bertz CT molecular complexity index is 675. The Morgan fingerprint density at radius 3 is 2.56 bits per heavy atom. The van der Waals surface area contributed by atoms with Gasteiger partial charge in [-0.25, -0.2) is 8.78 Å². The normalized spacial score (nSPS) is 29.6. The molecule has 3 atom stereocenters. The lowest BCUT2D eigenvalue weighted by Gasteiger charge is -2.35. The monoisotopic (exact) mass is 377 g/mol. The van der Waals surface area contributed by atoms with Gasteiger partial charge in [0, 0.05) is 56.3 Å². The highest BCUT2D eigenvalue weighted by Crippen LogP contribution is 2.37. The predicted octanol–water partition coefficient (Wildman–Crippen LogP) is 2.78. The first-order valence-electron chi connectivity index (χ1n) is 10.3. The summed E-state index contributed by atoms with van der Waals surface area (Å²) in [5.74, 6) is -0.0168. The van der Waals surface area contributed by atoms with Gasteiger partial charge in [-0.3, -0.25) is 9.69 Å². The van der Waals surface area contributed by atoms with Crippen LogP contribution in [0.1, 0.15) is 37.7 Å². The lowest BCUT2D eigenvalue weighted by Crippen LogP contribution is -2.46. The maximum atomic E-state index is 13.8. The number of carbonyl (C=O) groups excluding carboxylic acids is 1. The Morgan fingerprint density at radius 1 is 1.04 bits per heavy atom. The van der Waals surface area contributed by atoms with Crippen molar-refractivity contribution < 1.29 is 13.6 Å². The fourth-order valence-corrected chi connectivity index (χ4v) is 5.03. The van der Waals surface area contributed by atoms with Crippen molar-refractivity contribution in [1.29, 1.82) is 0 Å². The molecule has 148 valence electrons. The minimum absolute atomic E-state index is 0.182. The van der Waals surface area contributed by atoms with Crippen molar-refractivity contribution in [3.8, 4) is 0 Å². The summed E-state index contributed by atoms with van der Waals surface area (Å²) < 4.78 is 26.9. The fraction of sp³-hybridized carbons (Fsp3) is 0.667. The summed E-state index contributed by atoms with van der Waals surface area (Å²) in [5, 5.41) is 3.21. The number of halogens is 2. The quantitative estimate of drug-likeness (QED) is 0.857. The van der Waals surface area contributed by atoms with Crippen LogP contribution in [0.3, 0.4) is 0 Å². The van der Waals surface area contributed by atoms with Gasteiger partial charge < -0.3 is 10.2 Å². The van der Waals surface area contributed by atoms with E-state index in [1.165, 1.54) is 31.4 Å². The Kier molecular flexibility index (Phi) is 5.74. The smallest absolute Gasteiger partial charge is 0.223 e. The van der Waals surface area contributed by atoms with Crippen molar-refractivity contribution in [2.75, 3.05) is 32.7 Å². The van der Waals surface area contributed by atoms with Crippen LogP contribution < -0.4 is 5.32 Å². The van der Waals surface area contributed by atoms with E-state index in [2.05, 4.69) is 15.1 Å². The average molecular weight is 377 g/mol. The van der Waals surface area contributed by atoms with Crippen LogP contribution in [0.2, 0.25) is 0 Å². The molecule has 4 rings (SSSR count). The van der Waals surface area contributed by atoms with E-state index in [-0.39, 0.29) is 11.8 Å². The zero-order valence-corrected chi connectivity index (χ0v) is 15.8. The van der Waals surface area contributed by atoms with Crippen LogP contribution in [0.25, 0.3) is 0 Å². The Hall–Kier alpha value is -1.53. The van der Waals surface area contributed by atoms with Crippen molar-refractivity contribution in [1.82, 2.24) is 15.1 Å². The van der Waals surface area contributed by atoms with Gasteiger partial charge in [-0.1, -0.05) is 18.9 Å². The standard InChI is InChI=1S/C21H29F2N3O/c22-16-6-5-15(19(23)13-16)14-26-11-9-25(10-12-26)8-7-18-17-3-1-2-4-20(17)24-21(18)27/h5-6,13,17-18,20H,1-4,7-12,14H2,(H,24,27)/t17-,18+,20+/m1/s1. The number of hydrogen-bond donors (Lipinski definition) is 1. The molecule has 2 heterocycles. The highest BCUT2D eigenvalue weighted by Gasteiger charge is 2.42. The van der Waals surface area contributed by atoms with Crippen LogP contribution in [0.5, 0.6) is 0 Å². The molecule has 0 radical (unpaired) electrons. The summed E-state index contributed by atoms with van der Waals surface area (Å²) >= 11 is 0. The summed E-state index contributed by atoms with van der Waals surface area (Å²) in [6.07, 6.45) is 5.77. The molecule has 2 saturated heterocycles. The lowest BCUT2D eigenvalue weighted by molar-refractivity contribution is -0.123. The van der Waals surface area contributed by atoms with E-state index in [1.807, 2.05) is 0 Å². The Morgan fingerprint density at radius 2 is 1.78 bits per heavy atom. The molecule has 6 heteroatoms. The number of carbonyl (C=O) groups is 1. The van der Waals surface area contributed by atoms with Crippen LogP contribution in [-0.2, 0) is 11.3 Å². The third kappa shape index (κ3) is 4.32. The molecule has 3 aliphatic rings. The first-order chi connectivity index (χ1) is 13.1. The maximum Gasteiger partial charge on any atom is 0.223 e. The number of nitrogens with one attached hydrogen (secondary N) is 1. The number of hydrogen-bond acceptors (Lipinski definition) is 3. The summed E-state index contributed by atoms with van der Waals surface area (Å²) in [7, 11) is 0. The molecule has 0 spiro atoms. The molecule has 0 aromatic heterocycles. The van der Waals surface area contributed by atoms with Crippen molar-refractivity contribution in [2.45, 2.75) is 44.7 Å². The van der Waals surface area contributed by atoms with Gasteiger partial charge in [0.05, 0.1) is 0 Å². The van der Waals surface area contributed by atoms with E-state index in [0.29, 0.717) is 24.1 Å². The second kappa shape index (κ2) is 8.23. The fourth-order valence-electron chi connectivity index (χ4n) is 5.03. The zero-order chi connectivity index (χ0) is 18.8. The van der Waals surface area contributed by atoms with Gasteiger partial charge in [0.2, 0.25) is 5.91 Å². The molecule has 0 unspecified atom stereocenters. The van der Waals surface area contributed by atoms with E-state index >= 15 is 0 Å². The van der Waals surface area contributed by atoms with E-state index in [1.54, 1.807) is 0 Å². The van der Waals surface area contributed by atoms with Gasteiger partial charge in [-0.15, -0.1) is 0 Å². The number of nitrogens with zero attached hydrogens (tertiary/aromatic N) is 2. The van der Waals surface area contributed by atoms with Crippen molar-refractivity contribution in [2.24, 2.45) is 11.8 Å². The molecule has 1 aromatic carbocycles. The summed E-state index contributed by atoms with van der Waals surface area (Å²) in [4.78, 5) is 17.0. The topological polar surface area (TPSA) is 35.6 Å². The van der Waals surface area contributed by atoms with Gasteiger partial charge in [0.15, 0.2) is 0 Å². The second-order valence-corrected chi connectivity index (χ2v) is 8.31. The van der Waals surface area contributed by atoms with E-state index in [0.717, 1.165) is 51.6 Å². The van der Waals surface area contributed by atoms with Crippen LogP contribution in [0, 0.1) is 23.5 Å². The molecule has 27 heavy (non-hydrogen) atoms. The number of piperazine rings is 1. The largest absolute Gasteiger partial charge is 0.353 e. The van der Waals surface area contributed by atoms with Gasteiger partial charge in [0.25, 0.3) is 0 Å². The molecule has 3 fully saturated rings. The molecular weight excluding hydrogens is 348 g/mol. The third-order valence-corrected chi connectivity index (χ3v) is 6.63. The minimum atomic E-state index is -0.530. The molecule has 4 nitrogen and oxygen atoms in total.